The molecular weight excluding hydrogens is 887 g/mol. The van der Waals surface area contributed by atoms with Crippen LogP contribution in [0.1, 0.15) is 102 Å². The summed E-state index contributed by atoms with van der Waals surface area (Å²) >= 11 is 0. The maximum atomic E-state index is 13.9. The summed E-state index contributed by atoms with van der Waals surface area (Å²) in [5, 5.41) is 5.70. The molecule has 2 aliphatic rings. The number of para-hydroxylation sites is 1. The fourth-order valence-corrected chi connectivity index (χ4v) is 7.96. The van der Waals surface area contributed by atoms with Gasteiger partial charge in [0.25, 0.3) is 5.56 Å². The van der Waals surface area contributed by atoms with E-state index in [4.69, 9.17) is 30.7 Å². The number of primary amides is 1. The van der Waals surface area contributed by atoms with Crippen LogP contribution in [-0.4, -0.2) is 97.8 Å². The van der Waals surface area contributed by atoms with Gasteiger partial charge in [0.15, 0.2) is 0 Å². The predicted octanol–water partition coefficient (Wildman–Crippen LogP) is 5.08. The second-order valence-corrected chi connectivity index (χ2v) is 16.6. The van der Waals surface area contributed by atoms with Crippen LogP contribution in [-0.2, 0) is 74.3 Å². The molecule has 1 unspecified atom stereocenters. The molecule has 20 heteroatoms. The van der Waals surface area contributed by atoms with Crippen molar-refractivity contribution in [1.29, 1.82) is 0 Å². The van der Waals surface area contributed by atoms with E-state index >= 15 is 0 Å². The highest BCUT2D eigenvalue weighted by Crippen LogP contribution is 2.39. The molecular formula is C47H67N7O12S. The smallest absolute Gasteiger partial charge is 0.458 e. The number of nitrogens with zero attached hydrogens (tertiary/aromatic N) is 3. The van der Waals surface area contributed by atoms with Gasteiger partial charge in [-0.25, -0.2) is 23.0 Å². The zero-order valence-electron chi connectivity index (χ0n) is 40.0. The molecule has 2 aliphatic heterocycles. The minimum atomic E-state index is -3.48. The number of carbonyl (C=O) groups excluding carboxylic acids is 5. The number of amides is 3. The summed E-state index contributed by atoms with van der Waals surface area (Å²) in [5.74, 6) is -1.70. The Bertz CT molecular complexity index is 2440. The van der Waals surface area contributed by atoms with Crippen LogP contribution in [0.3, 0.4) is 0 Å². The average molecular weight is 954 g/mol. The number of esters is 1. The lowest BCUT2D eigenvalue weighted by Crippen LogP contribution is -2.37. The number of benzene rings is 2. The third-order valence-corrected chi connectivity index (χ3v) is 11.2. The molecule has 4 heterocycles. The first kappa shape index (κ1) is 56.9. The molecule has 6 rings (SSSR count). The van der Waals surface area contributed by atoms with Gasteiger partial charge in [-0.15, -0.1) is 0 Å². The summed E-state index contributed by atoms with van der Waals surface area (Å²) in [5.41, 5.74) is 14.0. The van der Waals surface area contributed by atoms with E-state index < -0.39 is 45.6 Å². The number of pyridine rings is 2. The van der Waals surface area contributed by atoms with E-state index in [0.717, 1.165) is 23.1 Å². The Hall–Kier alpha value is -6.22. The lowest BCUT2D eigenvalue weighted by Gasteiger charge is -2.24. The maximum absolute atomic E-state index is 13.9. The monoisotopic (exact) mass is 953 g/mol. The molecule has 6 N–H and O–H groups in total. The number of cyclic esters (lactones) is 1. The number of carbonyl (C=O) groups is 5. The number of sulfonamides is 1. The summed E-state index contributed by atoms with van der Waals surface area (Å²) < 4.78 is 48.6. The second kappa shape index (κ2) is 28.7. The number of unbranched alkanes of at least 4 members (excludes halogenated alkanes) is 1. The van der Waals surface area contributed by atoms with Crippen molar-refractivity contribution in [3.8, 4) is 11.4 Å². The molecule has 0 radical (unpaired) electrons. The Morgan fingerprint density at radius 2 is 1.70 bits per heavy atom. The molecule has 0 saturated heterocycles. The Balaban J connectivity index is 0.000000838. The first-order valence-electron chi connectivity index (χ1n) is 22.3. The Morgan fingerprint density at radius 3 is 2.25 bits per heavy atom. The van der Waals surface area contributed by atoms with Crippen LogP contribution in [0.15, 0.2) is 59.4 Å². The maximum Gasteiger partial charge on any atom is 0.509 e. The summed E-state index contributed by atoms with van der Waals surface area (Å²) in [6, 6.07) is 15.2. The van der Waals surface area contributed by atoms with Crippen molar-refractivity contribution in [3.63, 3.8) is 0 Å². The van der Waals surface area contributed by atoms with Crippen LogP contribution < -0.4 is 27.7 Å². The number of anilines is 1. The van der Waals surface area contributed by atoms with E-state index in [0.29, 0.717) is 47.6 Å². The molecule has 4 aromatic rings. The number of nitrogens with one attached hydrogen (secondary N) is 2. The van der Waals surface area contributed by atoms with E-state index in [1.807, 2.05) is 72.7 Å². The van der Waals surface area contributed by atoms with Crippen molar-refractivity contribution in [2.24, 2.45) is 11.5 Å². The van der Waals surface area contributed by atoms with Gasteiger partial charge < -0.3 is 45.6 Å². The molecule has 67 heavy (non-hydrogen) atoms. The van der Waals surface area contributed by atoms with Gasteiger partial charge in [-0.1, -0.05) is 71.4 Å². The zero-order chi connectivity index (χ0) is 50.3. The largest absolute Gasteiger partial charge is 0.509 e. The summed E-state index contributed by atoms with van der Waals surface area (Å²) in [7, 11) is -3.48. The quantitative estimate of drug-likeness (QED) is 0.0700. The van der Waals surface area contributed by atoms with Crippen molar-refractivity contribution in [2.45, 2.75) is 107 Å². The lowest BCUT2D eigenvalue weighted by molar-refractivity contribution is -0.159. The van der Waals surface area contributed by atoms with Crippen molar-refractivity contribution in [2.75, 3.05) is 44.4 Å². The molecule has 368 valence electrons. The van der Waals surface area contributed by atoms with Gasteiger partial charge >= 0.3 is 12.1 Å². The van der Waals surface area contributed by atoms with E-state index in [1.165, 1.54) is 28.0 Å². The summed E-state index contributed by atoms with van der Waals surface area (Å²) in [6.45, 7) is 16.7. The molecule has 1 atom stereocenters. The van der Waals surface area contributed by atoms with Gasteiger partial charge in [0.05, 0.1) is 41.8 Å². The molecule has 3 amide bonds. The number of ether oxygens (including phenoxy) is 4. The van der Waals surface area contributed by atoms with Crippen LogP contribution in [0.4, 0.5) is 10.5 Å². The highest BCUT2D eigenvalue weighted by atomic mass is 32.2. The molecule has 0 saturated carbocycles. The van der Waals surface area contributed by atoms with Gasteiger partial charge in [-0.2, -0.15) is 4.31 Å². The van der Waals surface area contributed by atoms with Crippen molar-refractivity contribution < 1.29 is 51.3 Å². The first-order valence-corrected chi connectivity index (χ1v) is 24.1. The van der Waals surface area contributed by atoms with E-state index in [1.54, 1.807) is 30.3 Å². The number of hydrogen-bond acceptors (Lipinski definition) is 14. The van der Waals surface area contributed by atoms with Gasteiger partial charge in [-0.05, 0) is 75.5 Å². The number of nitrogens with two attached hydrogens (primary N) is 2. The molecule has 2 aromatic heterocycles. The van der Waals surface area contributed by atoms with Crippen LogP contribution in [0.5, 0.6) is 0 Å². The molecule has 0 bridgehead atoms. The van der Waals surface area contributed by atoms with E-state index in [9.17, 15) is 37.2 Å². The fraction of sp³-hybridized carbons (Fsp3) is 0.468. The second-order valence-electron chi connectivity index (χ2n) is 14.6. The minimum Gasteiger partial charge on any atom is -0.458 e. The van der Waals surface area contributed by atoms with Crippen LogP contribution in [0, 0.1) is 0 Å². The molecule has 0 aliphatic carbocycles. The normalized spacial score (nSPS) is 13.0. The lowest BCUT2D eigenvalue weighted by atomic mass is 9.97. The predicted molar refractivity (Wildman–Crippen MR) is 256 cm³/mol. The van der Waals surface area contributed by atoms with Gasteiger partial charge in [0.2, 0.25) is 34.4 Å². The van der Waals surface area contributed by atoms with Crippen molar-refractivity contribution in [1.82, 2.24) is 19.2 Å². The number of fused-ring (bicyclic) bond motifs is 5. The average Bonchev–Trinajstić information content (AvgIpc) is 3.68. The van der Waals surface area contributed by atoms with Crippen molar-refractivity contribution in [3.05, 3.63) is 92.8 Å². The third-order valence-electron chi connectivity index (χ3n) is 9.71. The highest BCUT2D eigenvalue weighted by Gasteiger charge is 2.38. The number of aromatic nitrogens is 2. The topological polar surface area (TPSA) is 271 Å². The summed E-state index contributed by atoms with van der Waals surface area (Å²) in [6.07, 6.45) is 1.60. The summed E-state index contributed by atoms with van der Waals surface area (Å²) in [4.78, 5) is 76.5. The third kappa shape index (κ3) is 16.6. The highest BCUT2D eigenvalue weighted by molar-refractivity contribution is 7.88. The Kier molecular flexibility index (Phi) is 24.4. The van der Waals surface area contributed by atoms with Gasteiger partial charge in [0.1, 0.15) is 19.8 Å². The SMILES string of the molecule is CC.CC.CC(C)N(CCc1c2c(nc3ccccc13)-c1cc3c(c(=O)n1C2)COC(=O)C3OC(=O)OCc1ccc(NC(=O)CNC=O)cc1)S(C)(=O)=O.CCCCN.CCOCC(N)=O. The van der Waals surface area contributed by atoms with Gasteiger partial charge in [-0.3, -0.25) is 19.2 Å². The van der Waals surface area contributed by atoms with Crippen molar-refractivity contribution >= 4 is 57.0 Å². The molecule has 0 fully saturated rings. The number of rotatable bonds is 17. The van der Waals surface area contributed by atoms with Gasteiger partial charge in [0, 0.05) is 41.4 Å². The number of hydrogen-bond donors (Lipinski definition) is 4. The van der Waals surface area contributed by atoms with E-state index in [2.05, 4.69) is 22.3 Å². The fourth-order valence-electron chi connectivity index (χ4n) is 6.78. The Morgan fingerprint density at radius 1 is 1.03 bits per heavy atom. The van der Waals surface area contributed by atoms with Crippen LogP contribution in [0.25, 0.3) is 22.3 Å². The Labute approximate surface area is 392 Å². The standard InChI is InChI=1S/C35H35N5O10S.C4H9NO2.C4H11N.2C2H6/c1-20(2)40(51(3,46)47)13-12-23-24-6-4-5-7-28(24)38-31-26(23)16-39-29(31)14-25-27(33(39)43)18-48-34(44)32(25)50-35(45)49-17-21-8-10-22(11-9-21)37-30(42)15-36-19-41;1-2-7-3-4(5)6;1-2-3-4-5;2*1-2/h4-11,14,19-20,32H,12-13,15-18H2,1-3H3,(H,36,41)(H,37,42);2-3H2,1H3,(H2,5,6);2-5H2,1H3;2*1-2H3. The zero-order valence-corrected chi connectivity index (χ0v) is 40.8. The molecule has 19 nitrogen and oxygen atoms in total. The van der Waals surface area contributed by atoms with Crippen LogP contribution >= 0.6 is 0 Å². The molecule has 0 spiro atoms. The first-order chi connectivity index (χ1) is 32.0. The van der Waals surface area contributed by atoms with E-state index in [-0.39, 0.29) is 56.6 Å². The molecule has 2 aromatic carbocycles. The van der Waals surface area contributed by atoms with Crippen LogP contribution in [0.2, 0.25) is 0 Å². The minimum absolute atomic E-state index is 0.0382.